The highest BCUT2D eigenvalue weighted by atomic mass is 15.1. The first kappa shape index (κ1) is 24.6. The number of para-hydroxylation sites is 1. The fourth-order valence-corrected chi connectivity index (χ4v) is 7.14. The Bertz CT molecular complexity index is 2110. The topological polar surface area (TPSA) is 3.24 Å². The van der Waals surface area contributed by atoms with Gasteiger partial charge in [-0.15, -0.1) is 0 Å². The van der Waals surface area contributed by atoms with Crippen LogP contribution in [0.5, 0.6) is 0 Å². The molecular formula is C41H31N. The summed E-state index contributed by atoms with van der Waals surface area (Å²) in [5.74, 6) is 0. The van der Waals surface area contributed by atoms with E-state index in [4.69, 9.17) is 0 Å². The molecule has 0 heterocycles. The Morgan fingerprint density at radius 1 is 0.476 bits per heavy atom. The lowest BCUT2D eigenvalue weighted by molar-refractivity contribution is 0.666. The Labute approximate surface area is 247 Å². The number of hydrogen-bond acceptors (Lipinski definition) is 1. The fourth-order valence-electron chi connectivity index (χ4n) is 7.14. The van der Waals surface area contributed by atoms with E-state index < -0.39 is 0 Å². The van der Waals surface area contributed by atoms with Gasteiger partial charge in [0.05, 0.1) is 5.69 Å². The molecule has 1 aliphatic carbocycles. The molecule has 0 aliphatic heterocycles. The van der Waals surface area contributed by atoms with Gasteiger partial charge in [-0.1, -0.05) is 141 Å². The van der Waals surface area contributed by atoms with Gasteiger partial charge in [0.25, 0.3) is 0 Å². The summed E-state index contributed by atoms with van der Waals surface area (Å²) in [6, 6.07) is 55.3. The van der Waals surface area contributed by atoms with Crippen LogP contribution in [0.1, 0.15) is 25.0 Å². The van der Waals surface area contributed by atoms with Gasteiger partial charge in [-0.05, 0) is 68.1 Å². The molecule has 0 saturated heterocycles. The lowest BCUT2D eigenvalue weighted by atomic mass is 9.78. The minimum absolute atomic E-state index is 0.152. The van der Waals surface area contributed by atoms with Crippen molar-refractivity contribution in [3.8, 4) is 22.3 Å². The first-order valence-electron chi connectivity index (χ1n) is 14.7. The molecular weight excluding hydrogens is 506 g/mol. The predicted molar refractivity (Wildman–Crippen MR) is 179 cm³/mol. The van der Waals surface area contributed by atoms with Crippen molar-refractivity contribution in [3.05, 3.63) is 163 Å². The van der Waals surface area contributed by atoms with Crippen LogP contribution in [-0.4, -0.2) is 0 Å². The van der Waals surface area contributed by atoms with Crippen LogP contribution < -0.4 is 4.90 Å². The highest BCUT2D eigenvalue weighted by molar-refractivity contribution is 6.15. The lowest BCUT2D eigenvalue weighted by Crippen LogP contribution is -2.17. The normalized spacial score (nSPS) is 13.2. The van der Waals surface area contributed by atoms with Crippen molar-refractivity contribution >= 4 is 38.6 Å². The molecule has 0 spiro atoms. The van der Waals surface area contributed by atoms with Crippen LogP contribution in [0, 0.1) is 0 Å². The first-order chi connectivity index (χ1) is 20.6. The quantitative estimate of drug-likeness (QED) is 0.216. The third-order valence-electron chi connectivity index (χ3n) is 8.98. The average molecular weight is 538 g/mol. The molecule has 0 atom stereocenters. The largest absolute Gasteiger partial charge is 0.309 e. The number of fused-ring (bicyclic) bond motifs is 6. The Morgan fingerprint density at radius 3 is 1.88 bits per heavy atom. The summed E-state index contributed by atoms with van der Waals surface area (Å²) >= 11 is 0. The van der Waals surface area contributed by atoms with Crippen LogP contribution in [0.4, 0.5) is 17.1 Å². The number of hydrogen-bond donors (Lipinski definition) is 0. The summed E-state index contributed by atoms with van der Waals surface area (Å²) in [6.07, 6.45) is 0. The summed E-state index contributed by atoms with van der Waals surface area (Å²) in [5.41, 5.74) is 11.3. The number of benzene rings is 7. The Kier molecular flexibility index (Phi) is 5.55. The summed E-state index contributed by atoms with van der Waals surface area (Å²) in [7, 11) is 0. The second-order valence-corrected chi connectivity index (χ2v) is 11.8. The van der Waals surface area contributed by atoms with E-state index in [1.54, 1.807) is 0 Å². The van der Waals surface area contributed by atoms with Crippen molar-refractivity contribution in [2.24, 2.45) is 0 Å². The van der Waals surface area contributed by atoms with E-state index in [0.29, 0.717) is 0 Å². The maximum atomic E-state index is 2.50. The predicted octanol–water partition coefficient (Wildman–Crippen LogP) is 11.4. The van der Waals surface area contributed by atoms with Crippen molar-refractivity contribution in [2.75, 3.05) is 4.90 Å². The van der Waals surface area contributed by atoms with Gasteiger partial charge in [0.15, 0.2) is 0 Å². The van der Waals surface area contributed by atoms with E-state index in [2.05, 4.69) is 170 Å². The minimum Gasteiger partial charge on any atom is -0.309 e. The molecule has 0 N–H and O–H groups in total. The van der Waals surface area contributed by atoms with Crippen LogP contribution in [0.25, 0.3) is 43.8 Å². The molecule has 0 unspecified atom stereocenters. The summed E-state index contributed by atoms with van der Waals surface area (Å²) < 4.78 is 0. The summed E-state index contributed by atoms with van der Waals surface area (Å²) in [6.45, 7) is 4.78. The Morgan fingerprint density at radius 2 is 1.10 bits per heavy atom. The van der Waals surface area contributed by atoms with E-state index in [9.17, 15) is 0 Å². The third-order valence-corrected chi connectivity index (χ3v) is 8.98. The first-order valence-corrected chi connectivity index (χ1v) is 14.7. The van der Waals surface area contributed by atoms with E-state index in [1.165, 1.54) is 60.6 Å². The maximum absolute atomic E-state index is 2.50. The zero-order valence-electron chi connectivity index (χ0n) is 23.9. The SMILES string of the molecule is CC1(C)c2ccccc2-c2c(N(c3ccccc3)c3ccc4ccccc4c3)c(-c3ccccc3)c3ccccc3c21. The monoisotopic (exact) mass is 537 g/mol. The molecule has 0 aromatic heterocycles. The average Bonchev–Trinajstić information content (AvgIpc) is 3.29. The third kappa shape index (κ3) is 3.63. The Balaban J connectivity index is 1.60. The smallest absolute Gasteiger partial charge is 0.0628 e. The van der Waals surface area contributed by atoms with E-state index in [-0.39, 0.29) is 5.41 Å². The molecule has 1 aliphatic rings. The Hall–Kier alpha value is -5.14. The summed E-state index contributed by atoms with van der Waals surface area (Å²) in [5, 5.41) is 5.07. The molecule has 1 nitrogen and oxygen atoms in total. The van der Waals surface area contributed by atoms with E-state index in [1.807, 2.05) is 0 Å². The lowest BCUT2D eigenvalue weighted by Gasteiger charge is -2.33. The molecule has 0 saturated carbocycles. The van der Waals surface area contributed by atoms with Crippen LogP contribution in [-0.2, 0) is 5.41 Å². The van der Waals surface area contributed by atoms with Crippen LogP contribution in [0.15, 0.2) is 152 Å². The van der Waals surface area contributed by atoms with Crippen molar-refractivity contribution in [2.45, 2.75) is 19.3 Å². The molecule has 0 amide bonds. The van der Waals surface area contributed by atoms with Crippen molar-refractivity contribution in [3.63, 3.8) is 0 Å². The van der Waals surface area contributed by atoms with Crippen molar-refractivity contribution in [1.29, 1.82) is 0 Å². The fraction of sp³-hybridized carbons (Fsp3) is 0.0732. The molecule has 42 heavy (non-hydrogen) atoms. The molecule has 7 aromatic carbocycles. The van der Waals surface area contributed by atoms with E-state index >= 15 is 0 Å². The van der Waals surface area contributed by atoms with Gasteiger partial charge >= 0.3 is 0 Å². The maximum Gasteiger partial charge on any atom is 0.0628 e. The van der Waals surface area contributed by atoms with Gasteiger partial charge in [-0.25, -0.2) is 0 Å². The van der Waals surface area contributed by atoms with Gasteiger partial charge in [-0.3, -0.25) is 0 Å². The number of anilines is 3. The van der Waals surface area contributed by atoms with Gasteiger partial charge in [-0.2, -0.15) is 0 Å². The van der Waals surface area contributed by atoms with Crippen LogP contribution >= 0.6 is 0 Å². The van der Waals surface area contributed by atoms with Gasteiger partial charge < -0.3 is 4.90 Å². The highest BCUT2D eigenvalue weighted by Crippen LogP contribution is 2.60. The second-order valence-electron chi connectivity index (χ2n) is 11.8. The number of nitrogens with zero attached hydrogens (tertiary/aromatic N) is 1. The zero-order chi connectivity index (χ0) is 28.3. The van der Waals surface area contributed by atoms with Crippen LogP contribution in [0.3, 0.4) is 0 Å². The van der Waals surface area contributed by atoms with Crippen molar-refractivity contribution < 1.29 is 0 Å². The second kappa shape index (κ2) is 9.46. The molecule has 0 fully saturated rings. The molecule has 8 rings (SSSR count). The van der Waals surface area contributed by atoms with Gasteiger partial charge in [0.1, 0.15) is 0 Å². The molecule has 0 bridgehead atoms. The van der Waals surface area contributed by atoms with Gasteiger partial charge in [0.2, 0.25) is 0 Å². The molecule has 1 heteroatoms. The molecule has 7 aromatic rings. The minimum atomic E-state index is -0.152. The zero-order valence-corrected chi connectivity index (χ0v) is 23.9. The van der Waals surface area contributed by atoms with Crippen LogP contribution in [0.2, 0.25) is 0 Å². The van der Waals surface area contributed by atoms with Gasteiger partial charge in [0, 0.05) is 27.9 Å². The standard InChI is InChI=1S/C41H31N/c1-41(2)36-24-14-13-23-35(36)38-39(41)34-22-12-11-21-33(34)37(29-16-5-3-6-17-29)40(38)42(31-19-7-4-8-20-31)32-26-25-28-15-9-10-18-30(28)27-32/h3-27H,1-2H3. The van der Waals surface area contributed by atoms with E-state index in [0.717, 1.165) is 11.4 Å². The molecule has 0 radical (unpaired) electrons. The molecule has 200 valence electrons. The number of rotatable bonds is 4. The summed E-state index contributed by atoms with van der Waals surface area (Å²) in [4.78, 5) is 2.50. The van der Waals surface area contributed by atoms with Crippen molar-refractivity contribution in [1.82, 2.24) is 0 Å². The highest BCUT2D eigenvalue weighted by Gasteiger charge is 2.41.